The first-order valence-corrected chi connectivity index (χ1v) is 12.5. The fourth-order valence-corrected chi connectivity index (χ4v) is 5.38. The van der Waals surface area contributed by atoms with Crippen molar-refractivity contribution >= 4 is 28.4 Å². The van der Waals surface area contributed by atoms with Crippen LogP contribution in [0.25, 0.3) is 10.9 Å². The number of hydrogen-bond donors (Lipinski definition) is 1. The Morgan fingerprint density at radius 1 is 1.14 bits per heavy atom. The number of amides is 2. The van der Waals surface area contributed by atoms with E-state index in [4.69, 9.17) is 9.47 Å². The van der Waals surface area contributed by atoms with Gasteiger partial charge in [-0.1, -0.05) is 26.0 Å². The molecule has 1 aromatic heterocycles. The average Bonchev–Trinajstić information content (AvgIpc) is 3.28. The summed E-state index contributed by atoms with van der Waals surface area (Å²) in [6.07, 6.45) is 2.17. The van der Waals surface area contributed by atoms with E-state index in [2.05, 4.69) is 36.0 Å². The van der Waals surface area contributed by atoms with E-state index < -0.39 is 0 Å². The molecule has 2 aliphatic heterocycles. The molecule has 0 unspecified atom stereocenters. The van der Waals surface area contributed by atoms with E-state index in [1.54, 1.807) is 7.11 Å². The minimum Gasteiger partial charge on any atom is -0.493 e. The van der Waals surface area contributed by atoms with Crippen LogP contribution in [0.1, 0.15) is 51.7 Å². The van der Waals surface area contributed by atoms with Gasteiger partial charge in [0.15, 0.2) is 11.5 Å². The van der Waals surface area contributed by atoms with E-state index in [0.717, 1.165) is 40.0 Å². The van der Waals surface area contributed by atoms with E-state index in [-0.39, 0.29) is 30.4 Å². The lowest BCUT2D eigenvalue weighted by Gasteiger charge is -2.21. The van der Waals surface area contributed by atoms with Crippen molar-refractivity contribution in [2.45, 2.75) is 53.2 Å². The van der Waals surface area contributed by atoms with Gasteiger partial charge < -0.3 is 19.4 Å². The summed E-state index contributed by atoms with van der Waals surface area (Å²) in [7, 11) is 1.62. The minimum absolute atomic E-state index is 0.00163. The highest BCUT2D eigenvalue weighted by Crippen LogP contribution is 2.47. The highest BCUT2D eigenvalue weighted by atomic mass is 16.5. The fourth-order valence-electron chi connectivity index (χ4n) is 5.38. The first kappa shape index (κ1) is 24.0. The molecule has 7 nitrogen and oxygen atoms in total. The summed E-state index contributed by atoms with van der Waals surface area (Å²) < 4.78 is 13.9. The summed E-state index contributed by atoms with van der Waals surface area (Å²) in [6, 6.07) is 12.1. The predicted octanol–water partition coefficient (Wildman–Crippen LogP) is 5.29. The molecule has 0 radical (unpaired) electrons. The van der Waals surface area contributed by atoms with Crippen molar-refractivity contribution in [1.29, 1.82) is 0 Å². The molecule has 0 fully saturated rings. The van der Waals surface area contributed by atoms with Crippen LogP contribution in [0.15, 0.2) is 53.9 Å². The lowest BCUT2D eigenvalue weighted by molar-refractivity contribution is -0.139. The first-order valence-electron chi connectivity index (χ1n) is 12.5. The molecule has 1 N–H and O–H groups in total. The Kier molecular flexibility index (Phi) is 6.02. The van der Waals surface area contributed by atoms with Crippen LogP contribution in [-0.4, -0.2) is 41.0 Å². The van der Waals surface area contributed by atoms with Gasteiger partial charge in [0.2, 0.25) is 5.91 Å². The number of carbonyl (C=O) groups excluding carboxylic acids is 2. The number of aromatic nitrogens is 1. The second kappa shape index (κ2) is 9.04. The summed E-state index contributed by atoms with van der Waals surface area (Å²) in [6.45, 7) is 10.9. The third-order valence-electron chi connectivity index (χ3n) is 6.76. The van der Waals surface area contributed by atoms with E-state index in [1.165, 1.54) is 11.8 Å². The molecule has 0 bridgehead atoms. The van der Waals surface area contributed by atoms with Crippen LogP contribution < -0.4 is 14.8 Å². The molecule has 1 atom stereocenters. The topological polar surface area (TPSA) is 72.8 Å². The van der Waals surface area contributed by atoms with Gasteiger partial charge in [-0.25, -0.2) is 0 Å². The standard InChI is InChI=1S/C29H33N3O4/c1-16(2)13-31-14-20-26(19-10-11-24(36-17(3)4)25(12-19)35-6)28-22(15-32(18(5)33)29(28)34)30-21-8-7-9-23(31)27(20)21/h7-12,14,16-17,26,30H,13,15H2,1-6H3/t26-/m0/s1. The van der Waals surface area contributed by atoms with Crippen LogP contribution in [0.4, 0.5) is 5.69 Å². The number of benzene rings is 2. The van der Waals surface area contributed by atoms with Gasteiger partial charge >= 0.3 is 0 Å². The summed E-state index contributed by atoms with van der Waals surface area (Å²) in [5.74, 6) is 0.835. The SMILES string of the molecule is COc1cc([C@@H]2C3=C(CN(C(C)=O)C3=O)Nc3cccc4c3c2cn4CC(C)C)ccc1OC(C)C. The van der Waals surface area contributed by atoms with Crippen molar-refractivity contribution in [3.8, 4) is 11.5 Å². The Morgan fingerprint density at radius 3 is 2.58 bits per heavy atom. The van der Waals surface area contributed by atoms with Crippen molar-refractivity contribution in [2.75, 3.05) is 19.0 Å². The normalized spacial score (nSPS) is 17.1. The van der Waals surface area contributed by atoms with Gasteiger partial charge in [-0.15, -0.1) is 0 Å². The third-order valence-corrected chi connectivity index (χ3v) is 6.76. The second-order valence-electron chi connectivity index (χ2n) is 10.3. The molecule has 0 spiro atoms. The van der Waals surface area contributed by atoms with Gasteiger partial charge in [0.25, 0.3) is 5.91 Å². The Balaban J connectivity index is 1.76. The van der Waals surface area contributed by atoms with Crippen LogP contribution in [-0.2, 0) is 16.1 Å². The molecule has 0 aliphatic carbocycles. The number of methoxy groups -OCH3 is 1. The van der Waals surface area contributed by atoms with Crippen LogP contribution >= 0.6 is 0 Å². The van der Waals surface area contributed by atoms with Gasteiger partial charge in [-0.05, 0) is 55.2 Å². The van der Waals surface area contributed by atoms with Crippen molar-refractivity contribution in [1.82, 2.24) is 9.47 Å². The van der Waals surface area contributed by atoms with E-state index >= 15 is 0 Å². The van der Waals surface area contributed by atoms with Crippen LogP contribution in [0, 0.1) is 5.92 Å². The van der Waals surface area contributed by atoms with Gasteiger partial charge in [0.05, 0.1) is 30.8 Å². The average molecular weight is 488 g/mol. The van der Waals surface area contributed by atoms with Crippen molar-refractivity contribution in [3.63, 3.8) is 0 Å². The maximum atomic E-state index is 13.7. The van der Waals surface area contributed by atoms with Crippen molar-refractivity contribution in [3.05, 3.63) is 65.0 Å². The summed E-state index contributed by atoms with van der Waals surface area (Å²) in [4.78, 5) is 27.3. The molecule has 2 aromatic carbocycles. The van der Waals surface area contributed by atoms with Crippen LogP contribution in [0.3, 0.4) is 0 Å². The molecule has 0 saturated heterocycles. The molecule has 5 rings (SSSR count). The third kappa shape index (κ3) is 3.92. The Morgan fingerprint density at radius 2 is 1.92 bits per heavy atom. The molecule has 188 valence electrons. The molecule has 2 amide bonds. The summed E-state index contributed by atoms with van der Waals surface area (Å²) in [5, 5.41) is 4.63. The number of anilines is 1. The monoisotopic (exact) mass is 487 g/mol. The van der Waals surface area contributed by atoms with Crippen LogP contribution in [0.2, 0.25) is 0 Å². The van der Waals surface area contributed by atoms with Crippen LogP contribution in [0.5, 0.6) is 11.5 Å². The zero-order chi connectivity index (χ0) is 25.7. The molecule has 7 heteroatoms. The van der Waals surface area contributed by atoms with Gasteiger partial charge in [0.1, 0.15) is 0 Å². The van der Waals surface area contributed by atoms with Gasteiger partial charge in [0, 0.05) is 42.4 Å². The lowest BCUT2D eigenvalue weighted by atomic mass is 9.84. The molecule has 3 heterocycles. The van der Waals surface area contributed by atoms with Crippen molar-refractivity contribution < 1.29 is 19.1 Å². The Labute approximate surface area is 211 Å². The molecule has 2 aliphatic rings. The molecule has 0 saturated carbocycles. The number of hydrogen-bond acceptors (Lipinski definition) is 5. The summed E-state index contributed by atoms with van der Waals surface area (Å²) >= 11 is 0. The summed E-state index contributed by atoms with van der Waals surface area (Å²) in [5.41, 5.74) is 5.39. The zero-order valence-corrected chi connectivity index (χ0v) is 21.7. The maximum Gasteiger partial charge on any atom is 0.259 e. The Hall–Kier alpha value is -3.74. The molecule has 3 aromatic rings. The predicted molar refractivity (Wildman–Crippen MR) is 140 cm³/mol. The smallest absolute Gasteiger partial charge is 0.259 e. The number of ether oxygens (including phenoxy) is 2. The van der Waals surface area contributed by atoms with E-state index in [1.807, 2.05) is 44.2 Å². The first-order chi connectivity index (χ1) is 17.2. The number of nitrogens with one attached hydrogen (secondary N) is 1. The second-order valence-corrected chi connectivity index (χ2v) is 10.3. The largest absolute Gasteiger partial charge is 0.493 e. The molecular formula is C29H33N3O4. The highest BCUT2D eigenvalue weighted by molar-refractivity contribution is 6.11. The maximum absolute atomic E-state index is 13.7. The van der Waals surface area contributed by atoms with Gasteiger partial charge in [-0.3, -0.25) is 14.5 Å². The number of nitrogens with zero attached hydrogens (tertiary/aromatic N) is 2. The van der Waals surface area contributed by atoms with E-state index in [9.17, 15) is 9.59 Å². The zero-order valence-electron chi connectivity index (χ0n) is 21.7. The molecular weight excluding hydrogens is 454 g/mol. The number of imide groups is 1. The Bertz CT molecular complexity index is 1400. The lowest BCUT2D eigenvalue weighted by Crippen LogP contribution is -2.33. The van der Waals surface area contributed by atoms with Crippen molar-refractivity contribution in [2.24, 2.45) is 5.92 Å². The highest BCUT2D eigenvalue weighted by Gasteiger charge is 2.41. The van der Waals surface area contributed by atoms with E-state index in [0.29, 0.717) is 23.0 Å². The number of carbonyl (C=O) groups is 2. The minimum atomic E-state index is -0.370. The number of rotatable bonds is 6. The quantitative estimate of drug-likeness (QED) is 0.511. The fraction of sp³-hybridized carbons (Fsp3) is 0.379. The molecule has 36 heavy (non-hydrogen) atoms. The van der Waals surface area contributed by atoms with Gasteiger partial charge in [-0.2, -0.15) is 0 Å².